The highest BCUT2D eigenvalue weighted by Crippen LogP contribution is 2.33. The molecule has 0 aromatic heterocycles. The third kappa shape index (κ3) is 6.82. The highest BCUT2D eigenvalue weighted by molar-refractivity contribution is 5.44. The van der Waals surface area contributed by atoms with E-state index in [-0.39, 0.29) is 12.6 Å². The maximum Gasteiger partial charge on any atom is 0.162 e. The first-order valence-electron chi connectivity index (χ1n) is 10.6. The fourth-order valence-corrected chi connectivity index (χ4v) is 3.32. The van der Waals surface area contributed by atoms with Gasteiger partial charge in [-0.25, -0.2) is 0 Å². The van der Waals surface area contributed by atoms with Gasteiger partial charge in [-0.05, 0) is 28.8 Å². The minimum absolute atomic E-state index is 0.133. The summed E-state index contributed by atoms with van der Waals surface area (Å²) in [5.74, 6) is 1.16. The molecule has 3 N–H and O–H groups in total. The molecule has 31 heavy (non-hydrogen) atoms. The second-order valence-electron chi connectivity index (χ2n) is 7.81. The Hall–Kier alpha value is -2.86. The Labute approximate surface area is 184 Å². The van der Waals surface area contributed by atoms with Crippen LogP contribution in [-0.2, 0) is 13.2 Å². The number of aliphatic hydroxyl groups is 2. The number of hydrogen-bond acceptors (Lipinski definition) is 5. The molecule has 5 heteroatoms. The monoisotopic (exact) mass is 421 g/mol. The van der Waals surface area contributed by atoms with Crippen molar-refractivity contribution in [1.82, 2.24) is 5.32 Å². The molecule has 0 aliphatic rings. The third-order valence-corrected chi connectivity index (χ3v) is 4.91. The molecule has 0 aliphatic heterocycles. The van der Waals surface area contributed by atoms with Gasteiger partial charge in [0.05, 0.1) is 18.8 Å². The summed E-state index contributed by atoms with van der Waals surface area (Å²) in [6.07, 6.45) is -0.880. The van der Waals surface area contributed by atoms with Crippen LogP contribution in [0.25, 0.3) is 0 Å². The van der Waals surface area contributed by atoms with Crippen molar-refractivity contribution in [3.05, 3.63) is 95.6 Å². The SMILES string of the molecule is CC(C)NC(CO)C(O)c1ccc(OCc2ccccc2)c(OCc2ccccc2)c1. The van der Waals surface area contributed by atoms with Crippen molar-refractivity contribution < 1.29 is 19.7 Å². The summed E-state index contributed by atoms with van der Waals surface area (Å²) < 4.78 is 12.1. The van der Waals surface area contributed by atoms with Gasteiger partial charge < -0.3 is 25.0 Å². The van der Waals surface area contributed by atoms with E-state index in [1.54, 1.807) is 6.07 Å². The Bertz CT molecular complexity index is 915. The van der Waals surface area contributed by atoms with Crippen LogP contribution in [0.4, 0.5) is 0 Å². The minimum Gasteiger partial charge on any atom is -0.485 e. The summed E-state index contributed by atoms with van der Waals surface area (Å²) in [5.41, 5.74) is 2.75. The summed E-state index contributed by atoms with van der Waals surface area (Å²) in [6.45, 7) is 4.58. The van der Waals surface area contributed by atoms with E-state index >= 15 is 0 Å². The topological polar surface area (TPSA) is 71.0 Å². The lowest BCUT2D eigenvalue weighted by molar-refractivity contribution is 0.0853. The molecule has 0 saturated carbocycles. The van der Waals surface area contributed by atoms with Crippen LogP contribution in [0.5, 0.6) is 11.5 Å². The smallest absolute Gasteiger partial charge is 0.162 e. The molecular weight excluding hydrogens is 390 g/mol. The van der Waals surface area contributed by atoms with E-state index in [0.717, 1.165) is 11.1 Å². The zero-order chi connectivity index (χ0) is 22.1. The summed E-state index contributed by atoms with van der Waals surface area (Å²) in [6, 6.07) is 24.9. The molecule has 0 fully saturated rings. The van der Waals surface area contributed by atoms with Crippen LogP contribution in [0.2, 0.25) is 0 Å². The van der Waals surface area contributed by atoms with Crippen molar-refractivity contribution >= 4 is 0 Å². The summed E-state index contributed by atoms with van der Waals surface area (Å²) >= 11 is 0. The number of nitrogens with one attached hydrogen (secondary N) is 1. The molecule has 2 atom stereocenters. The number of aliphatic hydroxyl groups excluding tert-OH is 2. The molecule has 164 valence electrons. The largest absolute Gasteiger partial charge is 0.485 e. The quantitative estimate of drug-likeness (QED) is 0.432. The highest BCUT2D eigenvalue weighted by atomic mass is 16.5. The fraction of sp³-hybridized carbons (Fsp3) is 0.308. The van der Waals surface area contributed by atoms with Gasteiger partial charge in [0.1, 0.15) is 13.2 Å². The number of benzene rings is 3. The average molecular weight is 422 g/mol. The third-order valence-electron chi connectivity index (χ3n) is 4.91. The molecule has 2 unspecified atom stereocenters. The van der Waals surface area contributed by atoms with Gasteiger partial charge in [0.15, 0.2) is 11.5 Å². The van der Waals surface area contributed by atoms with Crippen molar-refractivity contribution in [2.45, 2.75) is 45.2 Å². The van der Waals surface area contributed by atoms with Crippen LogP contribution < -0.4 is 14.8 Å². The molecule has 3 aromatic rings. The molecule has 5 nitrogen and oxygen atoms in total. The Balaban J connectivity index is 1.81. The van der Waals surface area contributed by atoms with Gasteiger partial charge in [-0.3, -0.25) is 0 Å². The standard InChI is InChI=1S/C26H31NO4/c1-19(2)27-23(16-28)26(29)22-13-14-24(30-17-20-9-5-3-6-10-20)25(15-22)31-18-21-11-7-4-8-12-21/h3-15,19,23,26-29H,16-18H2,1-2H3. The lowest BCUT2D eigenvalue weighted by atomic mass is 10.0. The predicted molar refractivity (Wildman–Crippen MR) is 122 cm³/mol. The molecule has 3 rings (SSSR count). The first-order valence-corrected chi connectivity index (χ1v) is 10.6. The maximum absolute atomic E-state index is 10.8. The second kappa shape index (κ2) is 11.5. The van der Waals surface area contributed by atoms with Crippen LogP contribution in [0.15, 0.2) is 78.9 Å². The van der Waals surface area contributed by atoms with E-state index in [0.29, 0.717) is 30.3 Å². The lowest BCUT2D eigenvalue weighted by Gasteiger charge is -2.25. The van der Waals surface area contributed by atoms with Crippen molar-refractivity contribution in [2.75, 3.05) is 6.61 Å². The van der Waals surface area contributed by atoms with Crippen LogP contribution >= 0.6 is 0 Å². The van der Waals surface area contributed by atoms with E-state index in [1.807, 2.05) is 86.6 Å². The lowest BCUT2D eigenvalue weighted by Crippen LogP contribution is -2.41. The van der Waals surface area contributed by atoms with Gasteiger partial charge in [0, 0.05) is 6.04 Å². The first-order chi connectivity index (χ1) is 15.1. The molecule has 0 amide bonds. The molecular formula is C26H31NO4. The van der Waals surface area contributed by atoms with Crippen LogP contribution in [0.3, 0.4) is 0 Å². The molecule has 0 saturated heterocycles. The molecule has 0 aliphatic carbocycles. The van der Waals surface area contributed by atoms with Gasteiger partial charge in [-0.15, -0.1) is 0 Å². The zero-order valence-corrected chi connectivity index (χ0v) is 18.1. The zero-order valence-electron chi connectivity index (χ0n) is 18.1. The first kappa shape index (κ1) is 22.8. The van der Waals surface area contributed by atoms with Gasteiger partial charge in [-0.2, -0.15) is 0 Å². The molecule has 0 bridgehead atoms. The van der Waals surface area contributed by atoms with Crippen molar-refractivity contribution in [2.24, 2.45) is 0 Å². The van der Waals surface area contributed by atoms with Crippen molar-refractivity contribution in [1.29, 1.82) is 0 Å². The molecule has 0 heterocycles. The van der Waals surface area contributed by atoms with E-state index in [2.05, 4.69) is 5.32 Å². The molecule has 3 aromatic carbocycles. The van der Waals surface area contributed by atoms with Crippen LogP contribution in [0, 0.1) is 0 Å². The Morgan fingerprint density at radius 3 is 1.84 bits per heavy atom. The summed E-state index contributed by atoms with van der Waals surface area (Å²) in [5, 5.41) is 23.7. The van der Waals surface area contributed by atoms with E-state index in [9.17, 15) is 10.2 Å². The van der Waals surface area contributed by atoms with Gasteiger partial charge in [0.25, 0.3) is 0 Å². The molecule has 0 radical (unpaired) electrons. The number of ether oxygens (including phenoxy) is 2. The number of hydrogen-bond donors (Lipinski definition) is 3. The Morgan fingerprint density at radius 1 is 0.774 bits per heavy atom. The summed E-state index contributed by atoms with van der Waals surface area (Å²) in [4.78, 5) is 0. The fourth-order valence-electron chi connectivity index (χ4n) is 3.32. The molecule has 0 spiro atoms. The second-order valence-corrected chi connectivity index (χ2v) is 7.81. The average Bonchev–Trinajstić information content (AvgIpc) is 2.81. The highest BCUT2D eigenvalue weighted by Gasteiger charge is 2.22. The van der Waals surface area contributed by atoms with Crippen molar-refractivity contribution in [3.63, 3.8) is 0 Å². The van der Waals surface area contributed by atoms with Gasteiger partial charge >= 0.3 is 0 Å². The van der Waals surface area contributed by atoms with E-state index < -0.39 is 12.1 Å². The van der Waals surface area contributed by atoms with Gasteiger partial charge in [0.2, 0.25) is 0 Å². The van der Waals surface area contributed by atoms with Crippen LogP contribution in [-0.4, -0.2) is 28.9 Å². The Morgan fingerprint density at radius 2 is 1.32 bits per heavy atom. The predicted octanol–water partition coefficient (Wildman–Crippen LogP) is 4.24. The number of rotatable bonds is 11. The van der Waals surface area contributed by atoms with E-state index in [4.69, 9.17) is 9.47 Å². The Kier molecular flexibility index (Phi) is 8.47. The summed E-state index contributed by atoms with van der Waals surface area (Å²) in [7, 11) is 0. The minimum atomic E-state index is -0.880. The normalized spacial score (nSPS) is 13.1. The van der Waals surface area contributed by atoms with Gasteiger partial charge in [-0.1, -0.05) is 80.6 Å². The maximum atomic E-state index is 10.8. The van der Waals surface area contributed by atoms with Crippen LogP contribution in [0.1, 0.15) is 36.6 Å². The van der Waals surface area contributed by atoms with Crippen molar-refractivity contribution in [3.8, 4) is 11.5 Å². The van der Waals surface area contributed by atoms with E-state index in [1.165, 1.54) is 0 Å².